The van der Waals surface area contributed by atoms with Crippen LogP contribution in [-0.4, -0.2) is 30.3 Å². The molecule has 1 heterocycles. The Kier molecular flexibility index (Phi) is 6.42. The first-order valence-corrected chi connectivity index (χ1v) is 9.77. The van der Waals surface area contributed by atoms with Gasteiger partial charge in [-0.2, -0.15) is 0 Å². The number of anilines is 1. The Morgan fingerprint density at radius 3 is 2.80 bits per heavy atom. The number of rotatable bonds is 6. The molecule has 0 bridgehead atoms. The lowest BCUT2D eigenvalue weighted by Gasteiger charge is -2.28. The number of hydrogen-bond acceptors (Lipinski definition) is 4. The minimum Gasteiger partial charge on any atom is -0.376 e. The van der Waals surface area contributed by atoms with E-state index in [2.05, 4.69) is 22.5 Å². The van der Waals surface area contributed by atoms with Crippen molar-refractivity contribution in [2.75, 3.05) is 18.5 Å². The van der Waals surface area contributed by atoms with E-state index in [1.165, 1.54) is 19.3 Å². The second kappa shape index (κ2) is 8.97. The van der Waals surface area contributed by atoms with Crippen LogP contribution in [0.2, 0.25) is 0 Å². The van der Waals surface area contributed by atoms with Gasteiger partial charge in [0.2, 0.25) is 0 Å². The molecule has 6 heteroatoms. The maximum absolute atomic E-state index is 12.0. The van der Waals surface area contributed by atoms with Crippen molar-refractivity contribution in [2.45, 2.75) is 38.7 Å². The third kappa shape index (κ3) is 5.28. The van der Waals surface area contributed by atoms with Crippen LogP contribution in [0.3, 0.4) is 0 Å². The van der Waals surface area contributed by atoms with Crippen LogP contribution in [0, 0.1) is 5.92 Å². The highest BCUT2D eigenvalue weighted by Gasteiger charge is 2.21. The standard InChI is InChI=1S/C19H25N3O2S/c1-14-4-2-3-5-17(14)24-12-10-21-19(23)22-16-8-6-15(7-9-16)18-20-11-13-25-18/h6-9,11,13-14,17H,2-5,10,12H2,1H3,(H2,21,22,23)/t14-,17+/m0/s1. The average molecular weight is 359 g/mol. The molecule has 25 heavy (non-hydrogen) atoms. The number of benzene rings is 1. The minimum absolute atomic E-state index is 0.206. The van der Waals surface area contributed by atoms with Gasteiger partial charge in [-0.05, 0) is 43.0 Å². The van der Waals surface area contributed by atoms with E-state index in [4.69, 9.17) is 4.74 Å². The second-order valence-electron chi connectivity index (χ2n) is 6.47. The van der Waals surface area contributed by atoms with Gasteiger partial charge in [0.05, 0.1) is 12.7 Å². The molecule has 2 amide bonds. The number of carbonyl (C=O) groups is 1. The first kappa shape index (κ1) is 17.9. The summed E-state index contributed by atoms with van der Waals surface area (Å²) in [5.74, 6) is 0.624. The van der Waals surface area contributed by atoms with Crippen molar-refractivity contribution < 1.29 is 9.53 Å². The lowest BCUT2D eigenvalue weighted by atomic mass is 9.88. The van der Waals surface area contributed by atoms with E-state index in [1.807, 2.05) is 29.6 Å². The van der Waals surface area contributed by atoms with Crippen molar-refractivity contribution in [1.82, 2.24) is 10.3 Å². The van der Waals surface area contributed by atoms with Gasteiger partial charge in [-0.1, -0.05) is 19.8 Å². The molecule has 0 unspecified atom stereocenters. The van der Waals surface area contributed by atoms with Crippen LogP contribution in [0.5, 0.6) is 0 Å². The number of hydrogen-bond donors (Lipinski definition) is 2. The van der Waals surface area contributed by atoms with E-state index in [-0.39, 0.29) is 6.03 Å². The van der Waals surface area contributed by atoms with Gasteiger partial charge in [-0.3, -0.25) is 0 Å². The Bertz CT molecular complexity index is 658. The molecular formula is C19H25N3O2S. The number of urea groups is 1. The number of thiazole rings is 1. The molecular weight excluding hydrogens is 334 g/mol. The summed E-state index contributed by atoms with van der Waals surface area (Å²) in [5, 5.41) is 8.61. The number of ether oxygens (including phenoxy) is 1. The Balaban J connectivity index is 1.37. The average Bonchev–Trinajstić information content (AvgIpc) is 3.15. The zero-order valence-corrected chi connectivity index (χ0v) is 15.3. The van der Waals surface area contributed by atoms with Gasteiger partial charge in [-0.25, -0.2) is 9.78 Å². The molecule has 1 aromatic carbocycles. The van der Waals surface area contributed by atoms with Gasteiger partial charge in [0.1, 0.15) is 5.01 Å². The Morgan fingerprint density at radius 1 is 1.28 bits per heavy atom. The molecule has 1 fully saturated rings. The van der Waals surface area contributed by atoms with E-state index >= 15 is 0 Å². The van der Waals surface area contributed by atoms with Crippen molar-refractivity contribution in [3.63, 3.8) is 0 Å². The van der Waals surface area contributed by atoms with Gasteiger partial charge in [0, 0.05) is 29.4 Å². The minimum atomic E-state index is -0.206. The smallest absolute Gasteiger partial charge is 0.319 e. The molecule has 1 saturated carbocycles. The van der Waals surface area contributed by atoms with Gasteiger partial charge >= 0.3 is 6.03 Å². The van der Waals surface area contributed by atoms with E-state index < -0.39 is 0 Å². The van der Waals surface area contributed by atoms with Gasteiger partial charge < -0.3 is 15.4 Å². The van der Waals surface area contributed by atoms with E-state index in [9.17, 15) is 4.79 Å². The Hall–Kier alpha value is -1.92. The van der Waals surface area contributed by atoms with Crippen molar-refractivity contribution in [1.29, 1.82) is 0 Å². The van der Waals surface area contributed by atoms with E-state index in [0.29, 0.717) is 25.2 Å². The second-order valence-corrected chi connectivity index (χ2v) is 7.36. The monoisotopic (exact) mass is 359 g/mol. The topological polar surface area (TPSA) is 63.2 Å². The van der Waals surface area contributed by atoms with Crippen LogP contribution >= 0.6 is 11.3 Å². The molecule has 0 aliphatic heterocycles. The molecule has 2 atom stereocenters. The van der Waals surface area contributed by atoms with Crippen molar-refractivity contribution >= 4 is 23.1 Å². The third-order valence-electron chi connectivity index (χ3n) is 4.57. The van der Waals surface area contributed by atoms with Crippen LogP contribution in [0.4, 0.5) is 10.5 Å². The Labute approximate surface area is 152 Å². The molecule has 0 saturated heterocycles. The first-order chi connectivity index (χ1) is 12.2. The summed E-state index contributed by atoms with van der Waals surface area (Å²) in [6, 6.07) is 7.49. The zero-order valence-electron chi connectivity index (χ0n) is 14.5. The molecule has 3 rings (SSSR count). The lowest BCUT2D eigenvalue weighted by Crippen LogP contribution is -2.34. The van der Waals surface area contributed by atoms with Crippen LogP contribution in [0.25, 0.3) is 10.6 Å². The highest BCUT2D eigenvalue weighted by molar-refractivity contribution is 7.13. The van der Waals surface area contributed by atoms with E-state index in [0.717, 1.165) is 22.7 Å². The fourth-order valence-electron chi connectivity index (χ4n) is 3.14. The summed E-state index contributed by atoms with van der Waals surface area (Å²) in [5.41, 5.74) is 1.82. The van der Waals surface area contributed by atoms with Crippen LogP contribution in [0.15, 0.2) is 35.8 Å². The number of nitrogens with zero attached hydrogens (tertiary/aromatic N) is 1. The SMILES string of the molecule is C[C@H]1CCCC[C@H]1OCCNC(=O)Nc1ccc(-c2nccs2)cc1. The molecule has 1 aromatic heterocycles. The Morgan fingerprint density at radius 2 is 2.08 bits per heavy atom. The van der Waals surface area contributed by atoms with Crippen molar-refractivity contribution in [3.8, 4) is 10.6 Å². The fourth-order valence-corrected chi connectivity index (χ4v) is 3.79. The van der Waals surface area contributed by atoms with Gasteiger partial charge in [0.25, 0.3) is 0 Å². The number of aromatic nitrogens is 1. The predicted molar refractivity (Wildman–Crippen MR) is 102 cm³/mol. The quantitative estimate of drug-likeness (QED) is 0.745. The normalized spacial score (nSPS) is 20.2. The van der Waals surface area contributed by atoms with Gasteiger partial charge in [0.15, 0.2) is 0 Å². The van der Waals surface area contributed by atoms with Crippen molar-refractivity contribution in [2.24, 2.45) is 5.92 Å². The zero-order chi connectivity index (χ0) is 17.5. The van der Waals surface area contributed by atoms with E-state index in [1.54, 1.807) is 17.5 Å². The summed E-state index contributed by atoms with van der Waals surface area (Å²) in [7, 11) is 0. The van der Waals surface area contributed by atoms with Crippen molar-refractivity contribution in [3.05, 3.63) is 35.8 Å². The molecule has 1 aliphatic carbocycles. The molecule has 0 spiro atoms. The summed E-state index contributed by atoms with van der Waals surface area (Å²) in [4.78, 5) is 16.2. The van der Waals surface area contributed by atoms with Crippen LogP contribution in [0.1, 0.15) is 32.6 Å². The summed E-state index contributed by atoms with van der Waals surface area (Å²) >= 11 is 1.60. The molecule has 1 aliphatic rings. The number of amides is 2. The number of carbonyl (C=O) groups excluding carboxylic acids is 1. The highest BCUT2D eigenvalue weighted by atomic mass is 32.1. The largest absolute Gasteiger partial charge is 0.376 e. The third-order valence-corrected chi connectivity index (χ3v) is 5.40. The highest BCUT2D eigenvalue weighted by Crippen LogP contribution is 2.26. The maximum atomic E-state index is 12.0. The molecule has 5 nitrogen and oxygen atoms in total. The lowest BCUT2D eigenvalue weighted by molar-refractivity contribution is -0.00232. The fraction of sp³-hybridized carbons (Fsp3) is 0.474. The molecule has 2 aromatic rings. The molecule has 2 N–H and O–H groups in total. The summed E-state index contributed by atoms with van der Waals surface area (Å²) in [6.45, 7) is 3.33. The maximum Gasteiger partial charge on any atom is 0.319 e. The number of nitrogens with one attached hydrogen (secondary N) is 2. The predicted octanol–water partition coefficient (Wildman–Crippen LogP) is 4.53. The van der Waals surface area contributed by atoms with Crippen LogP contribution in [-0.2, 0) is 4.74 Å². The summed E-state index contributed by atoms with van der Waals surface area (Å²) < 4.78 is 5.90. The summed E-state index contributed by atoms with van der Waals surface area (Å²) in [6.07, 6.45) is 7.07. The molecule has 0 radical (unpaired) electrons. The first-order valence-electron chi connectivity index (χ1n) is 8.89. The van der Waals surface area contributed by atoms with Crippen LogP contribution < -0.4 is 10.6 Å². The molecule has 134 valence electrons. The van der Waals surface area contributed by atoms with Gasteiger partial charge in [-0.15, -0.1) is 11.3 Å².